The summed E-state index contributed by atoms with van der Waals surface area (Å²) in [5, 5.41) is 9.56. The van der Waals surface area contributed by atoms with Crippen molar-refractivity contribution in [2.75, 3.05) is 0 Å². The fraction of sp³-hybridized carbons (Fsp3) is 0.846. The smallest absolute Gasteiger partial charge is 0.392 e. The van der Waals surface area contributed by atoms with E-state index in [0.717, 1.165) is 25.3 Å². The van der Waals surface area contributed by atoms with Crippen LogP contribution in [0.4, 0.5) is 13.2 Å². The molecule has 0 aliphatic carbocycles. The van der Waals surface area contributed by atoms with Crippen molar-refractivity contribution in [2.24, 2.45) is 5.92 Å². The summed E-state index contributed by atoms with van der Waals surface area (Å²) < 4.78 is 38.1. The summed E-state index contributed by atoms with van der Waals surface area (Å²) in [7, 11) is 0. The Kier molecular flexibility index (Phi) is 8.30. The fourth-order valence-electron chi connectivity index (χ4n) is 1.61. The van der Waals surface area contributed by atoms with Gasteiger partial charge in [0, 0.05) is 0 Å². The van der Waals surface area contributed by atoms with E-state index < -0.39 is 18.2 Å². The van der Waals surface area contributed by atoms with Gasteiger partial charge in [-0.2, -0.15) is 13.2 Å². The molecule has 102 valence electrons. The van der Waals surface area contributed by atoms with Crippen molar-refractivity contribution in [3.63, 3.8) is 0 Å². The highest BCUT2D eigenvalue weighted by Crippen LogP contribution is 2.32. The number of aliphatic hydroxyl groups is 1. The van der Waals surface area contributed by atoms with E-state index in [1.54, 1.807) is 0 Å². The molecular formula is C13H23F3O. The summed E-state index contributed by atoms with van der Waals surface area (Å²) in [5.41, 5.74) is 0. The Balaban J connectivity index is 4.38. The summed E-state index contributed by atoms with van der Waals surface area (Å²) >= 11 is 0. The molecule has 2 atom stereocenters. The molecule has 0 bridgehead atoms. The lowest BCUT2D eigenvalue weighted by atomic mass is 9.96. The van der Waals surface area contributed by atoms with E-state index in [1.807, 2.05) is 13.8 Å². The second-order valence-corrected chi connectivity index (χ2v) is 4.35. The molecule has 0 spiro atoms. The van der Waals surface area contributed by atoms with E-state index >= 15 is 0 Å². The van der Waals surface area contributed by atoms with Crippen LogP contribution in [0.5, 0.6) is 0 Å². The Hall–Kier alpha value is -0.510. The molecule has 1 N–H and O–H groups in total. The van der Waals surface area contributed by atoms with E-state index in [1.165, 1.54) is 6.08 Å². The van der Waals surface area contributed by atoms with Gasteiger partial charge in [-0.25, -0.2) is 0 Å². The number of halogens is 3. The molecule has 0 radical (unpaired) electrons. The highest BCUT2D eigenvalue weighted by molar-refractivity contribution is 4.95. The molecular weight excluding hydrogens is 229 g/mol. The minimum absolute atomic E-state index is 0.207. The van der Waals surface area contributed by atoms with Crippen LogP contribution in [0.15, 0.2) is 12.2 Å². The minimum Gasteiger partial charge on any atom is -0.392 e. The zero-order valence-electron chi connectivity index (χ0n) is 10.6. The highest BCUT2D eigenvalue weighted by Gasteiger charge is 2.41. The first-order chi connectivity index (χ1) is 7.93. The molecule has 0 aromatic heterocycles. The normalized spacial score (nSPS) is 16.4. The zero-order chi connectivity index (χ0) is 13.3. The zero-order valence-corrected chi connectivity index (χ0v) is 10.6. The van der Waals surface area contributed by atoms with Crippen LogP contribution < -0.4 is 0 Å². The Morgan fingerprint density at radius 2 is 1.71 bits per heavy atom. The topological polar surface area (TPSA) is 20.2 Å². The van der Waals surface area contributed by atoms with Crippen molar-refractivity contribution in [1.82, 2.24) is 0 Å². The van der Waals surface area contributed by atoms with E-state index in [9.17, 15) is 18.3 Å². The molecule has 0 aliphatic rings. The molecule has 0 heterocycles. The van der Waals surface area contributed by atoms with E-state index in [-0.39, 0.29) is 6.42 Å². The van der Waals surface area contributed by atoms with Gasteiger partial charge in [0.15, 0.2) is 0 Å². The van der Waals surface area contributed by atoms with Crippen molar-refractivity contribution in [2.45, 2.75) is 64.7 Å². The lowest BCUT2D eigenvalue weighted by Crippen LogP contribution is -2.32. The molecule has 0 amide bonds. The third-order valence-electron chi connectivity index (χ3n) is 2.71. The van der Waals surface area contributed by atoms with Gasteiger partial charge in [-0.1, -0.05) is 51.7 Å². The lowest BCUT2D eigenvalue weighted by molar-refractivity contribution is -0.185. The second kappa shape index (κ2) is 8.56. The maximum Gasteiger partial charge on any atom is 0.397 e. The van der Waals surface area contributed by atoms with Crippen LogP contribution in [0.2, 0.25) is 0 Å². The van der Waals surface area contributed by atoms with Crippen molar-refractivity contribution in [1.29, 1.82) is 0 Å². The fourth-order valence-corrected chi connectivity index (χ4v) is 1.61. The van der Waals surface area contributed by atoms with Gasteiger partial charge < -0.3 is 5.11 Å². The van der Waals surface area contributed by atoms with Gasteiger partial charge in [0.1, 0.15) is 0 Å². The molecule has 17 heavy (non-hydrogen) atoms. The first kappa shape index (κ1) is 16.5. The summed E-state index contributed by atoms with van der Waals surface area (Å²) in [5.74, 6) is -1.72. The predicted octanol–water partition coefficient (Wildman–Crippen LogP) is 4.46. The Morgan fingerprint density at radius 1 is 1.12 bits per heavy atom. The molecule has 0 saturated carbocycles. The number of unbranched alkanes of at least 4 members (excludes halogenated alkanes) is 3. The SMILES string of the molecule is CCCC/C=C\[C@@H]([C@H](O)CCCC)C(F)(F)F. The Morgan fingerprint density at radius 3 is 2.18 bits per heavy atom. The van der Waals surface area contributed by atoms with Crippen LogP contribution >= 0.6 is 0 Å². The third-order valence-corrected chi connectivity index (χ3v) is 2.71. The monoisotopic (exact) mass is 252 g/mol. The van der Waals surface area contributed by atoms with Gasteiger partial charge in [-0.3, -0.25) is 0 Å². The lowest BCUT2D eigenvalue weighted by Gasteiger charge is -2.22. The van der Waals surface area contributed by atoms with Gasteiger partial charge in [0.05, 0.1) is 12.0 Å². The van der Waals surface area contributed by atoms with Crippen molar-refractivity contribution < 1.29 is 18.3 Å². The van der Waals surface area contributed by atoms with E-state index in [2.05, 4.69) is 0 Å². The number of allylic oxidation sites excluding steroid dienone is 1. The average molecular weight is 252 g/mol. The van der Waals surface area contributed by atoms with Crippen LogP contribution in [-0.4, -0.2) is 17.4 Å². The molecule has 0 unspecified atom stereocenters. The molecule has 0 saturated heterocycles. The quantitative estimate of drug-likeness (QED) is 0.499. The van der Waals surface area contributed by atoms with Crippen LogP contribution in [0.1, 0.15) is 52.4 Å². The maximum atomic E-state index is 12.7. The van der Waals surface area contributed by atoms with Crippen LogP contribution in [0, 0.1) is 5.92 Å². The Bertz CT molecular complexity index is 211. The number of rotatable bonds is 8. The molecule has 4 heteroatoms. The molecule has 0 aromatic carbocycles. The minimum atomic E-state index is -4.35. The summed E-state index contributed by atoms with van der Waals surface area (Å²) in [6.07, 6.45) is 1.10. The predicted molar refractivity (Wildman–Crippen MR) is 63.7 cm³/mol. The Labute approximate surface area is 102 Å². The molecule has 0 fully saturated rings. The van der Waals surface area contributed by atoms with E-state index in [0.29, 0.717) is 12.8 Å². The van der Waals surface area contributed by atoms with Gasteiger partial charge in [0.25, 0.3) is 0 Å². The van der Waals surface area contributed by atoms with Crippen molar-refractivity contribution in [3.8, 4) is 0 Å². The largest absolute Gasteiger partial charge is 0.397 e. The maximum absolute atomic E-state index is 12.7. The third kappa shape index (κ3) is 7.42. The number of aliphatic hydroxyl groups excluding tert-OH is 1. The van der Waals surface area contributed by atoms with Crippen LogP contribution in [-0.2, 0) is 0 Å². The van der Waals surface area contributed by atoms with Crippen LogP contribution in [0.25, 0.3) is 0 Å². The molecule has 1 nitrogen and oxygen atoms in total. The summed E-state index contributed by atoms with van der Waals surface area (Å²) in [6, 6.07) is 0. The number of hydrogen-bond acceptors (Lipinski definition) is 1. The van der Waals surface area contributed by atoms with Gasteiger partial charge in [-0.05, 0) is 12.8 Å². The van der Waals surface area contributed by atoms with Gasteiger partial charge >= 0.3 is 6.18 Å². The van der Waals surface area contributed by atoms with Gasteiger partial charge in [-0.15, -0.1) is 0 Å². The number of alkyl halides is 3. The number of hydrogen-bond donors (Lipinski definition) is 1. The van der Waals surface area contributed by atoms with Gasteiger partial charge in [0.2, 0.25) is 0 Å². The highest BCUT2D eigenvalue weighted by atomic mass is 19.4. The summed E-state index contributed by atoms with van der Waals surface area (Å²) in [6.45, 7) is 3.89. The first-order valence-electron chi connectivity index (χ1n) is 6.34. The molecule has 0 aliphatic heterocycles. The van der Waals surface area contributed by atoms with Crippen molar-refractivity contribution >= 4 is 0 Å². The summed E-state index contributed by atoms with van der Waals surface area (Å²) in [4.78, 5) is 0. The average Bonchev–Trinajstić information content (AvgIpc) is 2.24. The molecule has 0 rings (SSSR count). The van der Waals surface area contributed by atoms with Crippen molar-refractivity contribution in [3.05, 3.63) is 12.2 Å². The second-order valence-electron chi connectivity index (χ2n) is 4.35. The van der Waals surface area contributed by atoms with Crippen LogP contribution in [0.3, 0.4) is 0 Å². The molecule has 0 aromatic rings. The standard InChI is InChI=1S/C13H23F3O/c1-3-5-7-8-9-11(13(14,15)16)12(17)10-6-4-2/h8-9,11-12,17H,3-7,10H2,1-2H3/b9-8-/t11-,12+/m0/s1. The van der Waals surface area contributed by atoms with E-state index in [4.69, 9.17) is 0 Å². The first-order valence-corrected chi connectivity index (χ1v) is 6.34.